The number of hydrogen-bond acceptors (Lipinski definition) is 2. The van der Waals surface area contributed by atoms with Crippen LogP contribution < -0.4 is 5.19 Å². The minimum atomic E-state index is -1.45. The van der Waals surface area contributed by atoms with Gasteiger partial charge >= 0.3 is 0 Å². The fourth-order valence-corrected chi connectivity index (χ4v) is 4.58. The van der Waals surface area contributed by atoms with E-state index in [1.54, 1.807) is 10.9 Å². The Hall–Kier alpha value is -1.68. The largest absolute Gasteiger partial charge is 0.513 e. The molecule has 0 spiro atoms. The SMILES string of the molecule is C[Si](C)(C)c1cccc2oc3c(-n4cccn4)[c-]ccc3c12.[Ir]. The van der Waals surface area contributed by atoms with Gasteiger partial charge in [0, 0.05) is 43.5 Å². The quantitative estimate of drug-likeness (QED) is 0.308. The summed E-state index contributed by atoms with van der Waals surface area (Å²) in [7, 11) is -1.45. The summed E-state index contributed by atoms with van der Waals surface area (Å²) in [6.45, 7) is 7.10. The second-order valence-electron chi connectivity index (χ2n) is 6.55. The minimum Gasteiger partial charge on any atom is -0.513 e. The molecule has 1 radical (unpaired) electrons. The van der Waals surface area contributed by atoms with Gasteiger partial charge in [-0.25, -0.2) is 0 Å². The van der Waals surface area contributed by atoms with Crippen LogP contribution in [0.15, 0.2) is 53.2 Å². The first kappa shape index (κ1) is 16.2. The predicted octanol–water partition coefficient (Wildman–Crippen LogP) is 4.11. The van der Waals surface area contributed by atoms with Crippen molar-refractivity contribution in [1.29, 1.82) is 0 Å². The maximum Gasteiger partial charge on any atom is 0.116 e. The van der Waals surface area contributed by atoms with E-state index < -0.39 is 8.07 Å². The molecule has 4 rings (SSSR count). The van der Waals surface area contributed by atoms with E-state index in [-0.39, 0.29) is 20.1 Å². The van der Waals surface area contributed by atoms with Crippen LogP contribution in [-0.4, -0.2) is 17.9 Å². The molecule has 2 aromatic carbocycles. The van der Waals surface area contributed by atoms with Crippen LogP contribution in [0.25, 0.3) is 27.6 Å². The summed E-state index contributed by atoms with van der Waals surface area (Å²) in [4.78, 5) is 0. The van der Waals surface area contributed by atoms with Crippen molar-refractivity contribution in [3.05, 3.63) is 54.9 Å². The van der Waals surface area contributed by atoms with E-state index in [1.807, 2.05) is 24.4 Å². The van der Waals surface area contributed by atoms with Crippen molar-refractivity contribution in [2.75, 3.05) is 0 Å². The van der Waals surface area contributed by atoms with Crippen LogP contribution in [0, 0.1) is 6.07 Å². The third kappa shape index (κ3) is 2.59. The first-order valence-corrected chi connectivity index (χ1v) is 10.9. The standard InChI is InChI=1S/C18H17N2OSi.Ir/c1-22(2,3)16-10-5-9-15-17(16)13-7-4-8-14(18(13)21-15)20-12-6-11-19-20;/h4-7,9-12H,1-3H3;/q-1;. The maximum atomic E-state index is 6.17. The Morgan fingerprint density at radius 3 is 2.65 bits per heavy atom. The molecule has 23 heavy (non-hydrogen) atoms. The maximum absolute atomic E-state index is 6.17. The molecule has 0 aliphatic rings. The van der Waals surface area contributed by atoms with Gasteiger partial charge in [-0.3, -0.25) is 4.68 Å². The molecule has 0 amide bonds. The number of benzene rings is 2. The van der Waals surface area contributed by atoms with Crippen molar-refractivity contribution < 1.29 is 24.5 Å². The van der Waals surface area contributed by atoms with Gasteiger partial charge in [0.1, 0.15) is 5.58 Å². The van der Waals surface area contributed by atoms with Crippen molar-refractivity contribution in [3.8, 4) is 5.69 Å². The summed E-state index contributed by atoms with van der Waals surface area (Å²) < 4.78 is 7.98. The third-order valence-corrected chi connectivity index (χ3v) is 6.01. The Bertz CT molecular complexity index is 968. The Morgan fingerprint density at radius 2 is 1.96 bits per heavy atom. The van der Waals surface area contributed by atoms with Crippen LogP contribution in [0.4, 0.5) is 0 Å². The number of hydrogen-bond donors (Lipinski definition) is 0. The van der Waals surface area contributed by atoms with Crippen molar-refractivity contribution >= 4 is 35.2 Å². The van der Waals surface area contributed by atoms with Gasteiger partial charge in [-0.15, -0.1) is 0 Å². The molecule has 0 N–H and O–H groups in total. The van der Waals surface area contributed by atoms with Crippen molar-refractivity contribution in [3.63, 3.8) is 0 Å². The monoisotopic (exact) mass is 498 g/mol. The molecule has 0 atom stereocenters. The zero-order valence-corrected chi connectivity index (χ0v) is 16.6. The Balaban J connectivity index is 0.00000156. The van der Waals surface area contributed by atoms with Crippen LogP contribution in [0.1, 0.15) is 0 Å². The van der Waals surface area contributed by atoms with E-state index in [2.05, 4.69) is 49.0 Å². The van der Waals surface area contributed by atoms with Crippen LogP contribution in [0.5, 0.6) is 0 Å². The van der Waals surface area contributed by atoms with Crippen LogP contribution in [-0.2, 0) is 20.1 Å². The second-order valence-corrected chi connectivity index (χ2v) is 11.6. The summed E-state index contributed by atoms with van der Waals surface area (Å²) in [5, 5.41) is 8.14. The molecule has 2 aromatic heterocycles. The molecule has 0 aliphatic heterocycles. The van der Waals surface area contributed by atoms with Crippen LogP contribution >= 0.6 is 0 Å². The van der Waals surface area contributed by atoms with E-state index in [4.69, 9.17) is 4.42 Å². The van der Waals surface area contributed by atoms with Crippen molar-refractivity contribution in [2.45, 2.75) is 19.6 Å². The topological polar surface area (TPSA) is 31.0 Å². The van der Waals surface area contributed by atoms with Gasteiger partial charge in [0.25, 0.3) is 0 Å². The molecule has 0 bridgehead atoms. The van der Waals surface area contributed by atoms with Gasteiger partial charge in [0.15, 0.2) is 0 Å². The first-order valence-electron chi connectivity index (χ1n) is 7.42. The second kappa shape index (κ2) is 5.75. The fourth-order valence-electron chi connectivity index (χ4n) is 2.97. The number of nitrogens with zero attached hydrogens (tertiary/aromatic N) is 2. The van der Waals surface area contributed by atoms with E-state index in [9.17, 15) is 0 Å². The third-order valence-electron chi connectivity index (χ3n) is 3.98. The van der Waals surface area contributed by atoms with Gasteiger partial charge in [-0.2, -0.15) is 23.3 Å². The average molecular weight is 498 g/mol. The van der Waals surface area contributed by atoms with Crippen molar-refractivity contribution in [2.24, 2.45) is 0 Å². The molecule has 119 valence electrons. The Morgan fingerprint density at radius 1 is 1.13 bits per heavy atom. The zero-order chi connectivity index (χ0) is 15.3. The summed E-state index contributed by atoms with van der Waals surface area (Å²) >= 11 is 0. The predicted molar refractivity (Wildman–Crippen MR) is 92.7 cm³/mol. The Kier molecular flexibility index (Phi) is 4.04. The van der Waals surface area contributed by atoms with Crippen LogP contribution in [0.3, 0.4) is 0 Å². The van der Waals surface area contributed by atoms with Gasteiger partial charge in [0.05, 0.1) is 8.07 Å². The summed E-state index contributed by atoms with van der Waals surface area (Å²) in [6, 6.07) is 15.6. The van der Waals surface area contributed by atoms with E-state index in [0.717, 1.165) is 22.2 Å². The summed E-state index contributed by atoms with van der Waals surface area (Å²) in [5.41, 5.74) is 2.66. The average Bonchev–Trinajstić information content (AvgIpc) is 3.12. The number of furan rings is 1. The van der Waals surface area contributed by atoms with Gasteiger partial charge in [-0.1, -0.05) is 42.3 Å². The normalized spacial score (nSPS) is 11.8. The smallest absolute Gasteiger partial charge is 0.116 e. The van der Waals surface area contributed by atoms with Gasteiger partial charge in [-0.05, 0) is 17.8 Å². The molecular weight excluding hydrogens is 481 g/mol. The summed E-state index contributed by atoms with van der Waals surface area (Å²) in [5.74, 6) is 0. The molecule has 0 aliphatic carbocycles. The van der Waals surface area contributed by atoms with E-state index >= 15 is 0 Å². The number of aromatic nitrogens is 2. The van der Waals surface area contributed by atoms with E-state index in [0.29, 0.717) is 0 Å². The molecule has 0 unspecified atom stereocenters. The summed E-state index contributed by atoms with van der Waals surface area (Å²) in [6.07, 6.45) is 3.68. The van der Waals surface area contributed by atoms with Crippen LogP contribution in [0.2, 0.25) is 19.6 Å². The molecule has 0 fully saturated rings. The number of fused-ring (bicyclic) bond motifs is 3. The molecule has 4 aromatic rings. The number of rotatable bonds is 2. The fraction of sp³-hybridized carbons (Fsp3) is 0.167. The molecule has 0 saturated heterocycles. The molecule has 0 saturated carbocycles. The van der Waals surface area contributed by atoms with E-state index in [1.165, 1.54) is 10.6 Å². The van der Waals surface area contributed by atoms with Crippen molar-refractivity contribution in [1.82, 2.24) is 9.78 Å². The minimum absolute atomic E-state index is 0. The molecule has 2 heterocycles. The van der Waals surface area contributed by atoms with Gasteiger partial charge in [0.2, 0.25) is 0 Å². The molecule has 3 nitrogen and oxygen atoms in total. The molecule has 5 heteroatoms. The Labute approximate surface area is 149 Å². The zero-order valence-electron chi connectivity index (χ0n) is 13.3. The molecular formula is C18H17IrN2OSi-. The van der Waals surface area contributed by atoms with Gasteiger partial charge < -0.3 is 4.42 Å². The first-order chi connectivity index (χ1) is 10.6.